The largest absolute Gasteiger partial charge is 0.496 e. The number of anilines is 2. The molecule has 0 atom stereocenters. The van der Waals surface area contributed by atoms with Crippen molar-refractivity contribution in [3.05, 3.63) is 132 Å². The highest BCUT2D eigenvalue weighted by Crippen LogP contribution is 2.31. The topological polar surface area (TPSA) is 119 Å². The van der Waals surface area contributed by atoms with Crippen molar-refractivity contribution in [1.29, 1.82) is 0 Å². The highest BCUT2D eigenvalue weighted by Gasteiger charge is 2.17. The fourth-order valence-corrected chi connectivity index (χ4v) is 5.19. The summed E-state index contributed by atoms with van der Waals surface area (Å²) in [5.74, 6) is 1.36. The molecular weight excluding hydrogens is 614 g/mol. The third kappa shape index (κ3) is 9.15. The second-order valence-electron chi connectivity index (χ2n) is 10.1. The summed E-state index contributed by atoms with van der Waals surface area (Å²) in [6.07, 6.45) is 1.47. The molecule has 3 N–H and O–H groups in total. The van der Waals surface area contributed by atoms with Gasteiger partial charge in [0.05, 0.1) is 25.0 Å². The van der Waals surface area contributed by atoms with Gasteiger partial charge in [0.25, 0.3) is 11.8 Å². The summed E-state index contributed by atoms with van der Waals surface area (Å²) in [7, 11) is 1.58. The number of carbonyl (C=O) groups is 3. The Labute approximate surface area is 277 Å². The first-order valence-electron chi connectivity index (χ1n) is 14.8. The Kier molecular flexibility index (Phi) is 11.1. The van der Waals surface area contributed by atoms with E-state index in [1.807, 2.05) is 43.3 Å². The molecule has 1 aromatic heterocycles. The Morgan fingerprint density at radius 1 is 0.787 bits per heavy atom. The van der Waals surface area contributed by atoms with Crippen LogP contribution < -0.4 is 25.4 Å². The lowest BCUT2D eigenvalue weighted by Crippen LogP contribution is -2.30. The third-order valence-corrected chi connectivity index (χ3v) is 7.76. The van der Waals surface area contributed by atoms with E-state index >= 15 is 0 Å². The summed E-state index contributed by atoms with van der Waals surface area (Å²) in [6.45, 7) is 2.49. The highest BCUT2D eigenvalue weighted by atomic mass is 32.2. The van der Waals surface area contributed by atoms with Gasteiger partial charge in [-0.05, 0) is 91.9 Å². The Morgan fingerprint density at radius 2 is 1.47 bits per heavy atom. The second kappa shape index (κ2) is 16.0. The quantitative estimate of drug-likeness (QED) is 0.0895. The SMILES string of the molecule is CCOc1ccc(NC(=O)CSc2ccc(NC(=O)/C(=C/c3ccc(-c4ccccc4OC)o3)NC(=O)c3ccccc3)cc2)cc1. The van der Waals surface area contributed by atoms with Crippen LogP contribution in [0.25, 0.3) is 17.4 Å². The first-order chi connectivity index (χ1) is 22.9. The summed E-state index contributed by atoms with van der Waals surface area (Å²) in [4.78, 5) is 39.8. The van der Waals surface area contributed by atoms with Gasteiger partial charge in [0.1, 0.15) is 28.7 Å². The second-order valence-corrected chi connectivity index (χ2v) is 11.1. The van der Waals surface area contributed by atoms with Crippen LogP contribution in [-0.4, -0.2) is 37.2 Å². The van der Waals surface area contributed by atoms with Crippen LogP contribution in [0.4, 0.5) is 11.4 Å². The van der Waals surface area contributed by atoms with Crippen molar-refractivity contribution in [2.24, 2.45) is 0 Å². The lowest BCUT2D eigenvalue weighted by atomic mass is 10.1. The molecule has 10 heteroatoms. The number of furan rings is 1. The zero-order valence-electron chi connectivity index (χ0n) is 25.8. The van der Waals surface area contributed by atoms with E-state index in [1.165, 1.54) is 17.8 Å². The van der Waals surface area contributed by atoms with Crippen LogP contribution in [0.5, 0.6) is 11.5 Å². The average molecular weight is 648 g/mol. The average Bonchev–Trinajstić information content (AvgIpc) is 3.57. The van der Waals surface area contributed by atoms with E-state index < -0.39 is 11.8 Å². The smallest absolute Gasteiger partial charge is 0.272 e. The van der Waals surface area contributed by atoms with Gasteiger partial charge in [-0.1, -0.05) is 30.3 Å². The maximum atomic E-state index is 13.5. The zero-order chi connectivity index (χ0) is 33.0. The summed E-state index contributed by atoms with van der Waals surface area (Å²) < 4.78 is 16.9. The van der Waals surface area contributed by atoms with E-state index in [4.69, 9.17) is 13.9 Å². The van der Waals surface area contributed by atoms with Crippen molar-refractivity contribution >= 4 is 46.9 Å². The minimum atomic E-state index is -0.542. The summed E-state index contributed by atoms with van der Waals surface area (Å²) in [6, 6.07) is 33.8. The van der Waals surface area contributed by atoms with Gasteiger partial charge in [0.15, 0.2) is 0 Å². The molecule has 0 aliphatic heterocycles. The fraction of sp³-hybridized carbons (Fsp3) is 0.108. The minimum Gasteiger partial charge on any atom is -0.496 e. The van der Waals surface area contributed by atoms with E-state index in [2.05, 4.69) is 16.0 Å². The standard InChI is InChI=1S/C37H33N3O6S/c1-3-45-28-17-13-26(14-18-28)38-35(41)24-47-30-20-15-27(16-21-30)39-37(43)32(40-36(42)25-9-5-4-6-10-25)23-29-19-22-34(46-29)31-11-7-8-12-33(31)44-2/h4-23H,3,24H2,1-2H3,(H,38,41)(H,39,43)(H,40,42)/b32-23-. The monoisotopic (exact) mass is 647 g/mol. The van der Waals surface area contributed by atoms with E-state index in [0.29, 0.717) is 40.8 Å². The molecule has 4 aromatic carbocycles. The van der Waals surface area contributed by atoms with Crippen LogP contribution in [0, 0.1) is 0 Å². The van der Waals surface area contributed by atoms with E-state index in [0.717, 1.165) is 16.2 Å². The van der Waals surface area contributed by atoms with Crippen molar-refractivity contribution in [3.8, 4) is 22.8 Å². The Hall–Kier alpha value is -5.74. The van der Waals surface area contributed by atoms with E-state index in [1.54, 1.807) is 86.0 Å². The van der Waals surface area contributed by atoms with Gasteiger partial charge < -0.3 is 29.8 Å². The van der Waals surface area contributed by atoms with Gasteiger partial charge in [0.2, 0.25) is 5.91 Å². The van der Waals surface area contributed by atoms with Crippen LogP contribution in [0.3, 0.4) is 0 Å². The Bertz CT molecular complexity index is 1850. The van der Waals surface area contributed by atoms with Crippen LogP contribution in [0.1, 0.15) is 23.0 Å². The molecule has 3 amide bonds. The number of methoxy groups -OCH3 is 1. The zero-order valence-corrected chi connectivity index (χ0v) is 26.6. The Balaban J connectivity index is 1.25. The third-order valence-electron chi connectivity index (χ3n) is 6.75. The number of amides is 3. The molecule has 0 aliphatic rings. The number of benzene rings is 4. The van der Waals surface area contributed by atoms with Gasteiger partial charge in [-0.25, -0.2) is 0 Å². The molecule has 5 aromatic rings. The molecule has 0 saturated carbocycles. The fourth-order valence-electron chi connectivity index (χ4n) is 4.49. The highest BCUT2D eigenvalue weighted by molar-refractivity contribution is 8.00. The van der Waals surface area contributed by atoms with Gasteiger partial charge in [0, 0.05) is 27.9 Å². The summed E-state index contributed by atoms with van der Waals surface area (Å²) in [5.41, 5.74) is 2.33. The maximum absolute atomic E-state index is 13.5. The summed E-state index contributed by atoms with van der Waals surface area (Å²) >= 11 is 1.36. The first-order valence-corrected chi connectivity index (χ1v) is 15.8. The van der Waals surface area contributed by atoms with Crippen molar-refractivity contribution in [2.45, 2.75) is 11.8 Å². The molecule has 238 valence electrons. The van der Waals surface area contributed by atoms with Crippen molar-refractivity contribution < 1.29 is 28.3 Å². The number of carbonyl (C=O) groups excluding carboxylic acids is 3. The number of hydrogen-bond donors (Lipinski definition) is 3. The normalized spacial score (nSPS) is 11.0. The predicted molar refractivity (Wildman–Crippen MR) is 185 cm³/mol. The van der Waals surface area contributed by atoms with Crippen LogP contribution >= 0.6 is 11.8 Å². The van der Waals surface area contributed by atoms with Crippen molar-refractivity contribution in [1.82, 2.24) is 5.32 Å². The van der Waals surface area contributed by atoms with Crippen LogP contribution in [-0.2, 0) is 9.59 Å². The first kappa shape index (κ1) is 32.6. The molecule has 5 rings (SSSR count). The van der Waals surface area contributed by atoms with Crippen molar-refractivity contribution in [3.63, 3.8) is 0 Å². The van der Waals surface area contributed by atoms with Crippen molar-refractivity contribution in [2.75, 3.05) is 30.1 Å². The number of thioether (sulfide) groups is 1. The molecular formula is C37H33N3O6S. The Morgan fingerprint density at radius 3 is 2.19 bits per heavy atom. The van der Waals surface area contributed by atoms with E-state index in [9.17, 15) is 14.4 Å². The molecule has 0 spiro atoms. The molecule has 1 heterocycles. The molecule has 47 heavy (non-hydrogen) atoms. The summed E-state index contributed by atoms with van der Waals surface area (Å²) in [5, 5.41) is 8.42. The maximum Gasteiger partial charge on any atom is 0.272 e. The number of hydrogen-bond acceptors (Lipinski definition) is 7. The van der Waals surface area contributed by atoms with Gasteiger partial charge in [-0.2, -0.15) is 0 Å². The minimum absolute atomic E-state index is 0.0100. The van der Waals surface area contributed by atoms with Crippen LogP contribution in [0.15, 0.2) is 130 Å². The number of para-hydroxylation sites is 1. The predicted octanol–water partition coefficient (Wildman–Crippen LogP) is 7.49. The molecule has 0 unspecified atom stereocenters. The van der Waals surface area contributed by atoms with Crippen LogP contribution in [0.2, 0.25) is 0 Å². The number of nitrogens with one attached hydrogen (secondary N) is 3. The molecule has 0 saturated heterocycles. The molecule has 0 radical (unpaired) electrons. The lowest BCUT2D eigenvalue weighted by Gasteiger charge is -2.11. The number of ether oxygens (including phenoxy) is 2. The molecule has 0 bridgehead atoms. The number of rotatable bonds is 13. The molecule has 9 nitrogen and oxygen atoms in total. The lowest BCUT2D eigenvalue weighted by molar-refractivity contribution is -0.114. The molecule has 0 aliphatic carbocycles. The molecule has 0 fully saturated rings. The van der Waals surface area contributed by atoms with Gasteiger partial charge in [-0.3, -0.25) is 14.4 Å². The van der Waals surface area contributed by atoms with Gasteiger partial charge >= 0.3 is 0 Å². The van der Waals surface area contributed by atoms with E-state index in [-0.39, 0.29) is 17.4 Å². The van der Waals surface area contributed by atoms with Gasteiger partial charge in [-0.15, -0.1) is 11.8 Å².